The van der Waals surface area contributed by atoms with E-state index in [4.69, 9.17) is 0 Å². The molecule has 0 unspecified atom stereocenters. The molecule has 0 fully saturated rings. The molecule has 4 heteroatoms. The van der Waals surface area contributed by atoms with E-state index in [1.165, 1.54) is 18.2 Å². The molecule has 0 spiro atoms. The number of benzene rings is 2. The van der Waals surface area contributed by atoms with Crippen LogP contribution in [0, 0.1) is 5.82 Å². The Balaban J connectivity index is 2.14. The fourth-order valence-electron chi connectivity index (χ4n) is 1.37. The molecular formula is C13H9BrFNO. The number of rotatable bonds is 2. The standard InChI is InChI=1S/C13H9BrFNO/c14-10-4-6-12(7-5-10)16-13(17)9-2-1-3-11(15)8-9/h1-8H,(H,16,17). The van der Waals surface area contributed by atoms with Gasteiger partial charge in [-0.05, 0) is 42.5 Å². The van der Waals surface area contributed by atoms with Crippen molar-refractivity contribution in [2.45, 2.75) is 0 Å². The molecule has 0 radical (unpaired) electrons. The largest absolute Gasteiger partial charge is 0.322 e. The highest BCUT2D eigenvalue weighted by Crippen LogP contribution is 2.15. The van der Waals surface area contributed by atoms with E-state index in [1.807, 2.05) is 12.1 Å². The Labute approximate surface area is 107 Å². The van der Waals surface area contributed by atoms with Gasteiger partial charge in [-0.15, -0.1) is 0 Å². The van der Waals surface area contributed by atoms with Gasteiger partial charge in [0.1, 0.15) is 5.82 Å². The van der Waals surface area contributed by atoms with Crippen molar-refractivity contribution in [2.75, 3.05) is 5.32 Å². The molecule has 0 heterocycles. The number of hydrogen-bond donors (Lipinski definition) is 1. The van der Waals surface area contributed by atoms with Crippen LogP contribution in [0.3, 0.4) is 0 Å². The van der Waals surface area contributed by atoms with Crippen LogP contribution in [0.1, 0.15) is 10.4 Å². The first-order valence-electron chi connectivity index (χ1n) is 4.97. The van der Waals surface area contributed by atoms with Gasteiger partial charge in [0.2, 0.25) is 0 Å². The number of amides is 1. The topological polar surface area (TPSA) is 29.1 Å². The number of carbonyl (C=O) groups is 1. The van der Waals surface area contributed by atoms with Crippen molar-refractivity contribution in [2.24, 2.45) is 0 Å². The van der Waals surface area contributed by atoms with Crippen LogP contribution in [-0.4, -0.2) is 5.91 Å². The molecule has 17 heavy (non-hydrogen) atoms. The molecule has 0 aromatic heterocycles. The summed E-state index contributed by atoms with van der Waals surface area (Å²) >= 11 is 3.30. The molecule has 2 aromatic carbocycles. The second-order valence-electron chi connectivity index (χ2n) is 3.47. The molecule has 0 aliphatic heterocycles. The highest BCUT2D eigenvalue weighted by Gasteiger charge is 2.06. The lowest BCUT2D eigenvalue weighted by molar-refractivity contribution is 0.102. The Kier molecular flexibility index (Phi) is 3.54. The number of hydrogen-bond acceptors (Lipinski definition) is 1. The van der Waals surface area contributed by atoms with Crippen molar-refractivity contribution in [3.05, 3.63) is 64.4 Å². The van der Waals surface area contributed by atoms with E-state index in [2.05, 4.69) is 21.2 Å². The number of anilines is 1. The lowest BCUT2D eigenvalue weighted by Gasteiger charge is -2.05. The summed E-state index contributed by atoms with van der Waals surface area (Å²) in [6.07, 6.45) is 0. The molecule has 1 N–H and O–H groups in total. The van der Waals surface area contributed by atoms with Crippen LogP contribution in [-0.2, 0) is 0 Å². The van der Waals surface area contributed by atoms with Gasteiger partial charge >= 0.3 is 0 Å². The maximum absolute atomic E-state index is 12.9. The third kappa shape index (κ3) is 3.14. The van der Waals surface area contributed by atoms with Gasteiger partial charge in [-0.1, -0.05) is 22.0 Å². The van der Waals surface area contributed by atoms with Crippen LogP contribution >= 0.6 is 15.9 Å². The molecular weight excluding hydrogens is 285 g/mol. The molecule has 2 rings (SSSR count). The van der Waals surface area contributed by atoms with Crippen molar-refractivity contribution < 1.29 is 9.18 Å². The van der Waals surface area contributed by atoms with Crippen LogP contribution in [0.25, 0.3) is 0 Å². The third-order valence-electron chi connectivity index (χ3n) is 2.19. The molecule has 0 aliphatic rings. The average molecular weight is 294 g/mol. The summed E-state index contributed by atoms with van der Waals surface area (Å²) in [7, 11) is 0. The smallest absolute Gasteiger partial charge is 0.255 e. The SMILES string of the molecule is O=C(Nc1ccc(Br)cc1)c1cccc(F)c1. The lowest BCUT2D eigenvalue weighted by atomic mass is 10.2. The number of halogens is 2. The van der Waals surface area contributed by atoms with Crippen molar-refractivity contribution in [3.8, 4) is 0 Å². The Morgan fingerprint density at radius 2 is 1.82 bits per heavy atom. The molecule has 0 atom stereocenters. The van der Waals surface area contributed by atoms with Crippen molar-refractivity contribution in [1.29, 1.82) is 0 Å². The van der Waals surface area contributed by atoms with E-state index < -0.39 is 5.82 Å². The highest BCUT2D eigenvalue weighted by molar-refractivity contribution is 9.10. The van der Waals surface area contributed by atoms with E-state index in [9.17, 15) is 9.18 Å². The summed E-state index contributed by atoms with van der Waals surface area (Å²) in [5.74, 6) is -0.750. The van der Waals surface area contributed by atoms with Gasteiger partial charge in [0.25, 0.3) is 5.91 Å². The summed E-state index contributed by atoms with van der Waals surface area (Å²) < 4.78 is 13.9. The van der Waals surface area contributed by atoms with E-state index in [0.717, 1.165) is 4.47 Å². The minimum absolute atomic E-state index is 0.299. The van der Waals surface area contributed by atoms with E-state index in [0.29, 0.717) is 11.3 Å². The normalized spacial score (nSPS) is 10.0. The van der Waals surface area contributed by atoms with E-state index >= 15 is 0 Å². The van der Waals surface area contributed by atoms with Gasteiger partial charge < -0.3 is 5.32 Å². The van der Waals surface area contributed by atoms with Crippen LogP contribution in [0.4, 0.5) is 10.1 Å². The Bertz CT molecular complexity index is 539. The molecule has 0 saturated carbocycles. The first-order valence-corrected chi connectivity index (χ1v) is 5.77. The van der Waals surface area contributed by atoms with E-state index in [-0.39, 0.29) is 5.91 Å². The van der Waals surface area contributed by atoms with Crippen LogP contribution in [0.2, 0.25) is 0 Å². The summed E-state index contributed by atoms with van der Waals surface area (Å²) in [5, 5.41) is 2.69. The molecule has 2 aromatic rings. The van der Waals surface area contributed by atoms with Gasteiger partial charge in [-0.3, -0.25) is 4.79 Å². The minimum Gasteiger partial charge on any atom is -0.322 e. The predicted molar refractivity (Wildman–Crippen MR) is 68.5 cm³/mol. The van der Waals surface area contributed by atoms with Crippen LogP contribution < -0.4 is 5.32 Å². The first-order chi connectivity index (χ1) is 8.15. The Hall–Kier alpha value is -1.68. The maximum Gasteiger partial charge on any atom is 0.255 e. The van der Waals surface area contributed by atoms with Gasteiger partial charge in [-0.2, -0.15) is 0 Å². The second kappa shape index (κ2) is 5.10. The quantitative estimate of drug-likeness (QED) is 0.895. The predicted octanol–water partition coefficient (Wildman–Crippen LogP) is 3.84. The van der Waals surface area contributed by atoms with E-state index in [1.54, 1.807) is 18.2 Å². The molecule has 0 aliphatic carbocycles. The number of carbonyl (C=O) groups excluding carboxylic acids is 1. The van der Waals surface area contributed by atoms with Gasteiger partial charge in [0.05, 0.1) is 0 Å². The summed E-state index contributed by atoms with van der Waals surface area (Å²) in [5.41, 5.74) is 0.968. The average Bonchev–Trinajstić information content (AvgIpc) is 2.32. The van der Waals surface area contributed by atoms with Crippen molar-refractivity contribution in [3.63, 3.8) is 0 Å². The zero-order valence-electron chi connectivity index (χ0n) is 8.78. The molecule has 2 nitrogen and oxygen atoms in total. The Morgan fingerprint density at radius 1 is 1.12 bits per heavy atom. The maximum atomic E-state index is 12.9. The van der Waals surface area contributed by atoms with Crippen LogP contribution in [0.15, 0.2) is 53.0 Å². The van der Waals surface area contributed by atoms with Gasteiger partial charge in [0.15, 0.2) is 0 Å². The van der Waals surface area contributed by atoms with Crippen molar-refractivity contribution in [1.82, 2.24) is 0 Å². The van der Waals surface area contributed by atoms with Gasteiger partial charge in [-0.25, -0.2) is 4.39 Å². The fourth-order valence-corrected chi connectivity index (χ4v) is 1.63. The third-order valence-corrected chi connectivity index (χ3v) is 2.72. The highest BCUT2D eigenvalue weighted by atomic mass is 79.9. The van der Waals surface area contributed by atoms with Gasteiger partial charge in [0, 0.05) is 15.7 Å². The first kappa shape index (κ1) is 11.8. The summed E-state index contributed by atoms with van der Waals surface area (Å²) in [6.45, 7) is 0. The minimum atomic E-state index is -0.423. The molecule has 86 valence electrons. The zero-order valence-corrected chi connectivity index (χ0v) is 10.4. The second-order valence-corrected chi connectivity index (χ2v) is 4.39. The molecule has 0 saturated heterocycles. The monoisotopic (exact) mass is 293 g/mol. The summed E-state index contributed by atoms with van der Waals surface area (Å²) in [4.78, 5) is 11.8. The Morgan fingerprint density at radius 3 is 2.47 bits per heavy atom. The van der Waals surface area contributed by atoms with Crippen molar-refractivity contribution >= 4 is 27.5 Å². The molecule has 0 bridgehead atoms. The summed E-state index contributed by atoms with van der Waals surface area (Å²) in [6, 6.07) is 12.7. The molecule has 1 amide bonds. The number of nitrogens with one attached hydrogen (secondary N) is 1. The lowest BCUT2D eigenvalue weighted by Crippen LogP contribution is -2.11. The fraction of sp³-hybridized carbons (Fsp3) is 0. The zero-order chi connectivity index (χ0) is 12.3. The van der Waals surface area contributed by atoms with Crippen LogP contribution in [0.5, 0.6) is 0 Å².